The molecular formula is C16H23Cl2N5O. The second-order valence-electron chi connectivity index (χ2n) is 5.62. The average molecular weight is 372 g/mol. The Morgan fingerprint density at radius 1 is 1.25 bits per heavy atom. The van der Waals surface area contributed by atoms with Crippen LogP contribution in [0.3, 0.4) is 0 Å². The molecule has 0 aliphatic carbocycles. The van der Waals surface area contributed by atoms with E-state index in [1.54, 1.807) is 16.9 Å². The van der Waals surface area contributed by atoms with E-state index in [1.165, 1.54) is 0 Å². The summed E-state index contributed by atoms with van der Waals surface area (Å²) in [7, 11) is 1.97. The predicted octanol–water partition coefficient (Wildman–Crippen LogP) is 2.18. The van der Waals surface area contributed by atoms with Gasteiger partial charge in [0.15, 0.2) is 5.82 Å². The molecule has 1 saturated heterocycles. The molecule has 0 radical (unpaired) electrons. The zero-order valence-corrected chi connectivity index (χ0v) is 15.2. The highest BCUT2D eigenvalue weighted by atomic mass is 35.5. The number of nitrogens with zero attached hydrogens (tertiary/aromatic N) is 4. The van der Waals surface area contributed by atoms with Gasteiger partial charge in [0.25, 0.3) is 5.91 Å². The molecule has 6 nitrogen and oxygen atoms in total. The minimum atomic E-state index is 0. The Bertz CT molecular complexity index is 627. The number of hydrogen-bond donors (Lipinski definition) is 1. The van der Waals surface area contributed by atoms with Crippen LogP contribution in [0.15, 0.2) is 36.7 Å². The van der Waals surface area contributed by atoms with Crippen molar-refractivity contribution in [2.45, 2.75) is 12.8 Å². The SMILES string of the molecule is CNCC1CCN(C(=O)c2cccc(-n3cccn3)n2)CC1.Cl.Cl. The molecule has 0 saturated carbocycles. The van der Waals surface area contributed by atoms with Gasteiger partial charge in [-0.1, -0.05) is 6.07 Å². The van der Waals surface area contributed by atoms with Gasteiger partial charge in [0.05, 0.1) is 0 Å². The summed E-state index contributed by atoms with van der Waals surface area (Å²) >= 11 is 0. The molecule has 0 spiro atoms. The number of piperidine rings is 1. The maximum atomic E-state index is 12.6. The molecule has 0 bridgehead atoms. The van der Waals surface area contributed by atoms with Gasteiger partial charge in [0.1, 0.15) is 5.69 Å². The van der Waals surface area contributed by atoms with Crippen LogP contribution in [0.25, 0.3) is 5.82 Å². The van der Waals surface area contributed by atoms with Gasteiger partial charge in [0.2, 0.25) is 0 Å². The first-order valence-corrected chi connectivity index (χ1v) is 7.69. The summed E-state index contributed by atoms with van der Waals surface area (Å²) in [6, 6.07) is 7.31. The summed E-state index contributed by atoms with van der Waals surface area (Å²) in [4.78, 5) is 19.0. The molecule has 1 fully saturated rings. The van der Waals surface area contributed by atoms with Crippen molar-refractivity contribution in [1.29, 1.82) is 0 Å². The van der Waals surface area contributed by atoms with Crippen LogP contribution in [0, 0.1) is 5.92 Å². The molecule has 132 valence electrons. The average Bonchev–Trinajstić information content (AvgIpc) is 3.10. The van der Waals surface area contributed by atoms with Crippen LogP contribution in [0.1, 0.15) is 23.3 Å². The largest absolute Gasteiger partial charge is 0.337 e. The second-order valence-corrected chi connectivity index (χ2v) is 5.62. The fourth-order valence-corrected chi connectivity index (χ4v) is 2.87. The third kappa shape index (κ3) is 4.69. The first-order chi connectivity index (χ1) is 10.8. The van der Waals surface area contributed by atoms with Crippen LogP contribution < -0.4 is 5.32 Å². The number of carbonyl (C=O) groups excluding carboxylic acids is 1. The Morgan fingerprint density at radius 3 is 2.62 bits per heavy atom. The summed E-state index contributed by atoms with van der Waals surface area (Å²) in [5.41, 5.74) is 0.486. The summed E-state index contributed by atoms with van der Waals surface area (Å²) < 4.78 is 1.66. The van der Waals surface area contributed by atoms with Crippen LogP contribution in [0.5, 0.6) is 0 Å². The Kier molecular flexibility index (Phi) is 8.18. The number of carbonyl (C=O) groups is 1. The summed E-state index contributed by atoms with van der Waals surface area (Å²) in [5.74, 6) is 1.34. The van der Waals surface area contributed by atoms with Gasteiger partial charge in [-0.2, -0.15) is 5.10 Å². The lowest BCUT2D eigenvalue weighted by atomic mass is 9.96. The maximum Gasteiger partial charge on any atom is 0.272 e. The highest BCUT2D eigenvalue weighted by Gasteiger charge is 2.24. The molecule has 0 aromatic carbocycles. The quantitative estimate of drug-likeness (QED) is 0.894. The van der Waals surface area contributed by atoms with Crippen LogP contribution in [-0.2, 0) is 0 Å². The molecular weight excluding hydrogens is 349 g/mol. The van der Waals surface area contributed by atoms with E-state index < -0.39 is 0 Å². The van der Waals surface area contributed by atoms with Crippen LogP contribution in [0.2, 0.25) is 0 Å². The predicted molar refractivity (Wildman–Crippen MR) is 98.4 cm³/mol. The zero-order chi connectivity index (χ0) is 15.4. The molecule has 1 amide bonds. The van der Waals surface area contributed by atoms with Crippen LogP contribution in [-0.4, -0.2) is 52.3 Å². The van der Waals surface area contributed by atoms with E-state index in [-0.39, 0.29) is 30.7 Å². The number of aromatic nitrogens is 3. The van der Waals surface area contributed by atoms with Gasteiger partial charge in [-0.15, -0.1) is 24.8 Å². The molecule has 1 N–H and O–H groups in total. The topological polar surface area (TPSA) is 63.1 Å². The van der Waals surface area contributed by atoms with E-state index in [4.69, 9.17) is 0 Å². The first kappa shape index (κ1) is 20.4. The molecule has 0 unspecified atom stereocenters. The first-order valence-electron chi connectivity index (χ1n) is 7.69. The molecule has 2 aromatic rings. The minimum absolute atomic E-state index is 0. The number of hydrogen-bond acceptors (Lipinski definition) is 4. The van der Waals surface area contributed by atoms with E-state index in [0.29, 0.717) is 17.4 Å². The van der Waals surface area contributed by atoms with Gasteiger partial charge in [-0.05, 0) is 50.6 Å². The van der Waals surface area contributed by atoms with Crippen molar-refractivity contribution in [3.63, 3.8) is 0 Å². The molecule has 24 heavy (non-hydrogen) atoms. The lowest BCUT2D eigenvalue weighted by Gasteiger charge is -2.31. The van der Waals surface area contributed by atoms with Crippen LogP contribution >= 0.6 is 24.8 Å². The Labute approximate surface area is 154 Å². The molecule has 0 atom stereocenters. The normalized spacial score (nSPS) is 14.6. The van der Waals surface area contributed by atoms with Crippen molar-refractivity contribution in [3.8, 4) is 5.82 Å². The lowest BCUT2D eigenvalue weighted by Crippen LogP contribution is -2.40. The van der Waals surface area contributed by atoms with Crippen molar-refractivity contribution < 1.29 is 4.79 Å². The van der Waals surface area contributed by atoms with Crippen LogP contribution in [0.4, 0.5) is 0 Å². The number of nitrogens with one attached hydrogen (secondary N) is 1. The van der Waals surface area contributed by atoms with E-state index in [1.807, 2.05) is 36.3 Å². The van der Waals surface area contributed by atoms with Gasteiger partial charge < -0.3 is 10.2 Å². The number of likely N-dealkylation sites (tertiary alicyclic amines) is 1. The lowest BCUT2D eigenvalue weighted by molar-refractivity contribution is 0.0685. The van der Waals surface area contributed by atoms with Crippen molar-refractivity contribution in [2.75, 3.05) is 26.7 Å². The molecule has 1 aliphatic rings. The van der Waals surface area contributed by atoms with Crippen molar-refractivity contribution in [1.82, 2.24) is 25.0 Å². The summed E-state index contributed by atoms with van der Waals surface area (Å²) in [6.07, 6.45) is 5.61. The Balaban J connectivity index is 0.00000144. The van der Waals surface area contributed by atoms with E-state index >= 15 is 0 Å². The molecule has 8 heteroatoms. The summed E-state index contributed by atoms with van der Waals surface area (Å²) in [5, 5.41) is 7.36. The number of rotatable bonds is 4. The fourth-order valence-electron chi connectivity index (χ4n) is 2.87. The van der Waals surface area contributed by atoms with Gasteiger partial charge in [-0.25, -0.2) is 9.67 Å². The molecule has 3 rings (SSSR count). The Hall–Kier alpha value is -1.63. The smallest absolute Gasteiger partial charge is 0.272 e. The van der Waals surface area contributed by atoms with Gasteiger partial charge in [0, 0.05) is 25.5 Å². The molecule has 2 aromatic heterocycles. The highest BCUT2D eigenvalue weighted by molar-refractivity contribution is 5.92. The molecule has 3 heterocycles. The molecule has 1 aliphatic heterocycles. The number of halogens is 2. The van der Waals surface area contributed by atoms with Crippen molar-refractivity contribution >= 4 is 30.7 Å². The van der Waals surface area contributed by atoms with E-state index in [0.717, 1.165) is 32.5 Å². The number of pyridine rings is 1. The van der Waals surface area contributed by atoms with E-state index in [9.17, 15) is 4.79 Å². The fraction of sp³-hybridized carbons (Fsp3) is 0.438. The highest BCUT2D eigenvalue weighted by Crippen LogP contribution is 2.18. The second kappa shape index (κ2) is 9.61. The Morgan fingerprint density at radius 2 is 2.00 bits per heavy atom. The van der Waals surface area contributed by atoms with Crippen molar-refractivity contribution in [3.05, 3.63) is 42.4 Å². The monoisotopic (exact) mass is 371 g/mol. The van der Waals surface area contributed by atoms with E-state index in [2.05, 4.69) is 15.4 Å². The third-order valence-corrected chi connectivity index (χ3v) is 4.09. The maximum absolute atomic E-state index is 12.6. The summed E-state index contributed by atoms with van der Waals surface area (Å²) in [6.45, 7) is 2.63. The van der Waals surface area contributed by atoms with Gasteiger partial charge in [-0.3, -0.25) is 4.79 Å². The zero-order valence-electron chi connectivity index (χ0n) is 13.6. The van der Waals surface area contributed by atoms with Crippen molar-refractivity contribution in [2.24, 2.45) is 5.92 Å². The number of amides is 1. The standard InChI is InChI=1S/C16H21N5O.2ClH/c1-17-12-13-6-10-20(11-7-13)16(22)14-4-2-5-15(19-14)21-9-3-8-18-21;;/h2-5,8-9,13,17H,6-7,10-12H2,1H3;2*1H. The minimum Gasteiger partial charge on any atom is -0.337 e. The third-order valence-electron chi connectivity index (χ3n) is 4.09. The van der Waals surface area contributed by atoms with Gasteiger partial charge >= 0.3 is 0 Å².